The van der Waals surface area contributed by atoms with Crippen LogP contribution in [0.5, 0.6) is 0 Å². The van der Waals surface area contributed by atoms with Crippen LogP contribution < -0.4 is 5.32 Å². The molecule has 108 valence electrons. The number of hydrogen-bond acceptors (Lipinski definition) is 5. The standard InChI is InChI=1S/C12H17N5O3/c18-11(16-3-1-2-8(6-16)12(19)20)10-7-17(15-14-10)9-4-13-5-9/h7-9,13H,1-6H2,(H,19,20)/t8-/m1/s1. The second-order valence-electron chi connectivity index (χ2n) is 5.32. The number of carbonyl (C=O) groups excluding carboxylic acids is 1. The van der Waals surface area contributed by atoms with E-state index in [-0.39, 0.29) is 18.5 Å². The zero-order valence-corrected chi connectivity index (χ0v) is 11.0. The molecule has 8 heteroatoms. The first kappa shape index (κ1) is 13.0. The minimum atomic E-state index is -0.841. The molecule has 0 spiro atoms. The number of carboxylic acids is 1. The van der Waals surface area contributed by atoms with Gasteiger partial charge in [0.25, 0.3) is 5.91 Å². The summed E-state index contributed by atoms with van der Waals surface area (Å²) in [6.45, 7) is 2.51. The third-order valence-corrected chi connectivity index (χ3v) is 3.92. The van der Waals surface area contributed by atoms with E-state index < -0.39 is 11.9 Å². The first-order valence-corrected chi connectivity index (χ1v) is 6.80. The van der Waals surface area contributed by atoms with Crippen LogP contribution in [-0.4, -0.2) is 63.1 Å². The number of carboxylic acid groups (broad SMARTS) is 1. The van der Waals surface area contributed by atoms with Gasteiger partial charge in [-0.3, -0.25) is 9.59 Å². The molecule has 0 aromatic carbocycles. The predicted molar refractivity (Wildman–Crippen MR) is 68.2 cm³/mol. The quantitative estimate of drug-likeness (QED) is 0.763. The van der Waals surface area contributed by atoms with Crippen molar-refractivity contribution in [2.75, 3.05) is 26.2 Å². The third-order valence-electron chi connectivity index (χ3n) is 3.92. The van der Waals surface area contributed by atoms with Crippen molar-refractivity contribution in [1.29, 1.82) is 0 Å². The lowest BCUT2D eigenvalue weighted by atomic mass is 9.98. The van der Waals surface area contributed by atoms with Crippen LogP contribution in [0.25, 0.3) is 0 Å². The van der Waals surface area contributed by atoms with Crippen molar-refractivity contribution >= 4 is 11.9 Å². The predicted octanol–water partition coefficient (Wildman–Crippen LogP) is -0.641. The first-order chi connectivity index (χ1) is 9.65. The number of amides is 1. The number of carbonyl (C=O) groups is 2. The molecule has 1 aromatic rings. The lowest BCUT2D eigenvalue weighted by Gasteiger charge is -2.30. The summed E-state index contributed by atoms with van der Waals surface area (Å²) in [6.07, 6.45) is 2.99. The van der Waals surface area contributed by atoms with Crippen LogP contribution in [0.2, 0.25) is 0 Å². The summed E-state index contributed by atoms with van der Waals surface area (Å²) in [7, 11) is 0. The van der Waals surface area contributed by atoms with Crippen LogP contribution in [0.15, 0.2) is 6.20 Å². The van der Waals surface area contributed by atoms with Gasteiger partial charge in [-0.15, -0.1) is 5.10 Å². The Morgan fingerprint density at radius 3 is 2.85 bits per heavy atom. The number of hydrogen-bond donors (Lipinski definition) is 2. The maximum atomic E-state index is 12.3. The Labute approximate surface area is 115 Å². The highest BCUT2D eigenvalue weighted by Gasteiger charge is 2.30. The molecule has 0 bridgehead atoms. The Morgan fingerprint density at radius 2 is 2.20 bits per heavy atom. The van der Waals surface area contributed by atoms with Gasteiger partial charge in [0, 0.05) is 26.2 Å². The molecule has 3 heterocycles. The fourth-order valence-electron chi connectivity index (χ4n) is 2.54. The fourth-order valence-corrected chi connectivity index (χ4v) is 2.54. The third kappa shape index (κ3) is 2.38. The van der Waals surface area contributed by atoms with E-state index in [1.165, 1.54) is 0 Å². The molecule has 20 heavy (non-hydrogen) atoms. The minimum Gasteiger partial charge on any atom is -0.481 e. The van der Waals surface area contributed by atoms with E-state index in [0.717, 1.165) is 13.1 Å². The molecule has 8 nitrogen and oxygen atoms in total. The Balaban J connectivity index is 1.68. The summed E-state index contributed by atoms with van der Waals surface area (Å²) in [5, 5.41) is 20.1. The van der Waals surface area contributed by atoms with E-state index in [1.54, 1.807) is 15.8 Å². The minimum absolute atomic E-state index is 0.227. The van der Waals surface area contributed by atoms with Crippen LogP contribution in [0.4, 0.5) is 0 Å². The Bertz CT molecular complexity index is 525. The van der Waals surface area contributed by atoms with Crippen molar-refractivity contribution in [3.8, 4) is 0 Å². The van der Waals surface area contributed by atoms with Crippen molar-refractivity contribution in [3.63, 3.8) is 0 Å². The largest absolute Gasteiger partial charge is 0.481 e. The van der Waals surface area contributed by atoms with E-state index in [4.69, 9.17) is 5.11 Å². The number of likely N-dealkylation sites (tertiary alicyclic amines) is 1. The molecular weight excluding hydrogens is 262 g/mol. The average molecular weight is 279 g/mol. The number of aliphatic carboxylic acids is 1. The average Bonchev–Trinajstić information content (AvgIpc) is 2.85. The molecule has 2 N–H and O–H groups in total. The molecule has 0 saturated carbocycles. The van der Waals surface area contributed by atoms with Crippen molar-refractivity contribution < 1.29 is 14.7 Å². The van der Waals surface area contributed by atoms with Crippen LogP contribution in [-0.2, 0) is 4.79 Å². The van der Waals surface area contributed by atoms with E-state index in [9.17, 15) is 9.59 Å². The number of nitrogens with zero attached hydrogens (tertiary/aromatic N) is 4. The lowest BCUT2D eigenvalue weighted by Crippen LogP contribution is -2.43. The van der Waals surface area contributed by atoms with Gasteiger partial charge in [-0.1, -0.05) is 5.21 Å². The molecule has 1 amide bonds. The lowest BCUT2D eigenvalue weighted by molar-refractivity contribution is -0.143. The van der Waals surface area contributed by atoms with E-state index in [1.807, 2.05) is 0 Å². The topological polar surface area (TPSA) is 100 Å². The summed E-state index contributed by atoms with van der Waals surface area (Å²) < 4.78 is 1.70. The summed E-state index contributed by atoms with van der Waals surface area (Å²) in [6, 6.07) is 0.261. The molecule has 2 fully saturated rings. The molecule has 1 aromatic heterocycles. The van der Waals surface area contributed by atoms with Crippen molar-refractivity contribution in [1.82, 2.24) is 25.2 Å². The van der Waals surface area contributed by atoms with E-state index in [0.29, 0.717) is 25.1 Å². The van der Waals surface area contributed by atoms with Gasteiger partial charge < -0.3 is 15.3 Å². The molecule has 0 radical (unpaired) electrons. The van der Waals surface area contributed by atoms with Crippen molar-refractivity contribution in [2.24, 2.45) is 5.92 Å². The summed E-state index contributed by atoms with van der Waals surface area (Å²) in [5.74, 6) is -1.54. The number of piperidine rings is 1. The Kier molecular flexibility index (Phi) is 3.39. The molecule has 0 unspecified atom stereocenters. The second kappa shape index (κ2) is 5.20. The monoisotopic (exact) mass is 279 g/mol. The van der Waals surface area contributed by atoms with Crippen molar-refractivity contribution in [2.45, 2.75) is 18.9 Å². The van der Waals surface area contributed by atoms with Crippen molar-refractivity contribution in [3.05, 3.63) is 11.9 Å². The molecule has 0 aliphatic carbocycles. The normalized spacial score (nSPS) is 23.4. The van der Waals surface area contributed by atoms with Gasteiger partial charge in [0.15, 0.2) is 5.69 Å². The van der Waals surface area contributed by atoms with Gasteiger partial charge in [0.1, 0.15) is 0 Å². The van der Waals surface area contributed by atoms with Gasteiger partial charge in [-0.05, 0) is 12.8 Å². The maximum Gasteiger partial charge on any atom is 0.308 e. The number of rotatable bonds is 3. The van der Waals surface area contributed by atoms with Crippen LogP contribution in [0, 0.1) is 5.92 Å². The summed E-state index contributed by atoms with van der Waals surface area (Å²) >= 11 is 0. The fraction of sp³-hybridized carbons (Fsp3) is 0.667. The van der Waals surface area contributed by atoms with Crippen LogP contribution >= 0.6 is 0 Å². The van der Waals surface area contributed by atoms with Crippen LogP contribution in [0.3, 0.4) is 0 Å². The van der Waals surface area contributed by atoms with Gasteiger partial charge in [-0.25, -0.2) is 4.68 Å². The van der Waals surface area contributed by atoms with E-state index in [2.05, 4.69) is 15.6 Å². The highest BCUT2D eigenvalue weighted by molar-refractivity contribution is 5.92. The molecule has 2 saturated heterocycles. The van der Waals surface area contributed by atoms with Gasteiger partial charge in [0.05, 0.1) is 18.2 Å². The number of nitrogens with one attached hydrogen (secondary N) is 1. The van der Waals surface area contributed by atoms with Crippen LogP contribution in [0.1, 0.15) is 29.4 Å². The summed E-state index contributed by atoms with van der Waals surface area (Å²) in [4.78, 5) is 24.9. The highest BCUT2D eigenvalue weighted by atomic mass is 16.4. The Hall–Kier alpha value is -1.96. The van der Waals surface area contributed by atoms with Gasteiger partial charge >= 0.3 is 5.97 Å². The molecule has 2 aliphatic heterocycles. The molecular formula is C12H17N5O3. The van der Waals surface area contributed by atoms with Gasteiger partial charge in [0.2, 0.25) is 0 Å². The van der Waals surface area contributed by atoms with E-state index >= 15 is 0 Å². The Morgan fingerprint density at radius 1 is 1.40 bits per heavy atom. The maximum absolute atomic E-state index is 12.3. The molecule has 2 aliphatic rings. The number of aromatic nitrogens is 3. The zero-order chi connectivity index (χ0) is 14.1. The molecule has 3 rings (SSSR count). The molecule has 1 atom stereocenters. The first-order valence-electron chi connectivity index (χ1n) is 6.80. The smallest absolute Gasteiger partial charge is 0.308 e. The zero-order valence-electron chi connectivity index (χ0n) is 11.0. The second-order valence-corrected chi connectivity index (χ2v) is 5.32. The SMILES string of the molecule is O=C(O)[C@@H]1CCCN(C(=O)c2cn(C3CNC3)nn2)C1. The highest BCUT2D eigenvalue weighted by Crippen LogP contribution is 2.18. The summed E-state index contributed by atoms with van der Waals surface area (Å²) in [5.41, 5.74) is 0.294. The van der Waals surface area contributed by atoms with Gasteiger partial charge in [-0.2, -0.15) is 0 Å².